The Morgan fingerprint density at radius 3 is 2.84 bits per heavy atom. The average molecular weight is 301 g/mol. The molecule has 100 valence electrons. The highest BCUT2D eigenvalue weighted by molar-refractivity contribution is 8.13. The maximum atomic E-state index is 10.8. The molecule has 0 amide bonds. The first-order valence-electron chi connectivity index (χ1n) is 4.83. The first-order chi connectivity index (χ1) is 9.03. The number of hydrogen-bond acceptors (Lipinski definition) is 6. The van der Waals surface area contributed by atoms with E-state index in [1.165, 1.54) is 31.0 Å². The van der Waals surface area contributed by atoms with Crippen LogP contribution in [0, 0.1) is 21.6 Å². The molecule has 1 N–H and O–H groups in total. The molecule has 1 aromatic carbocycles. The van der Waals surface area contributed by atoms with Crippen LogP contribution in [-0.4, -0.2) is 23.5 Å². The minimum atomic E-state index is -0.610. The zero-order valence-electron chi connectivity index (χ0n) is 10.0. The molecule has 9 heteroatoms. The standard InChI is InChI=1S/C10H9ClN4O3S/c1-18-9-4-8(15(16)17)6(11)3-7(9)14-10(19-2)13-5-12/h3-4H,1-2H3,(H,13,14). The molecular formula is C10H9ClN4O3S. The zero-order chi connectivity index (χ0) is 14.4. The number of halogens is 1. The first kappa shape index (κ1) is 15.1. The van der Waals surface area contributed by atoms with E-state index in [-0.39, 0.29) is 16.5 Å². The summed E-state index contributed by atoms with van der Waals surface area (Å²) in [5.74, 6) is 0.197. The highest BCUT2D eigenvalue weighted by atomic mass is 35.5. The van der Waals surface area contributed by atoms with Gasteiger partial charge >= 0.3 is 0 Å². The van der Waals surface area contributed by atoms with Crippen molar-refractivity contribution in [3.8, 4) is 11.9 Å². The number of nitro groups is 1. The molecule has 19 heavy (non-hydrogen) atoms. The van der Waals surface area contributed by atoms with E-state index in [4.69, 9.17) is 21.6 Å². The van der Waals surface area contributed by atoms with Gasteiger partial charge in [-0.3, -0.25) is 15.4 Å². The molecule has 0 bridgehead atoms. The van der Waals surface area contributed by atoms with Gasteiger partial charge in [0.15, 0.2) is 17.1 Å². The van der Waals surface area contributed by atoms with E-state index in [0.717, 1.165) is 0 Å². The van der Waals surface area contributed by atoms with Crippen LogP contribution in [0.1, 0.15) is 0 Å². The summed E-state index contributed by atoms with van der Waals surface area (Å²) >= 11 is 7.01. The molecule has 0 radical (unpaired) electrons. The lowest BCUT2D eigenvalue weighted by molar-refractivity contribution is -0.384. The van der Waals surface area contributed by atoms with E-state index in [1.807, 2.05) is 0 Å². The van der Waals surface area contributed by atoms with E-state index in [1.54, 1.807) is 12.4 Å². The molecule has 0 atom stereocenters. The fraction of sp³-hybridized carbons (Fsp3) is 0.200. The van der Waals surface area contributed by atoms with Crippen LogP contribution in [0.5, 0.6) is 5.75 Å². The summed E-state index contributed by atoms with van der Waals surface area (Å²) < 4.78 is 5.02. The van der Waals surface area contributed by atoms with E-state index in [2.05, 4.69) is 10.3 Å². The Labute approximate surface area is 118 Å². The Morgan fingerprint density at radius 1 is 1.68 bits per heavy atom. The van der Waals surface area contributed by atoms with Crippen molar-refractivity contribution in [2.75, 3.05) is 13.4 Å². The first-order valence-corrected chi connectivity index (χ1v) is 6.43. The van der Waals surface area contributed by atoms with Gasteiger partial charge in [-0.25, -0.2) is 4.99 Å². The van der Waals surface area contributed by atoms with E-state index in [0.29, 0.717) is 10.9 Å². The molecule has 0 saturated carbocycles. The van der Waals surface area contributed by atoms with E-state index in [9.17, 15) is 10.1 Å². The zero-order valence-corrected chi connectivity index (χ0v) is 11.6. The van der Waals surface area contributed by atoms with Crippen molar-refractivity contribution in [3.05, 3.63) is 27.3 Å². The van der Waals surface area contributed by atoms with Crippen molar-refractivity contribution in [2.45, 2.75) is 0 Å². The normalized spacial score (nSPS) is 10.7. The maximum absolute atomic E-state index is 10.8. The summed E-state index contributed by atoms with van der Waals surface area (Å²) in [4.78, 5) is 14.3. The summed E-state index contributed by atoms with van der Waals surface area (Å²) in [5, 5.41) is 21.9. The van der Waals surface area contributed by atoms with Crippen molar-refractivity contribution in [1.82, 2.24) is 5.32 Å². The Hall–Kier alpha value is -1.98. The fourth-order valence-electron chi connectivity index (χ4n) is 1.20. The van der Waals surface area contributed by atoms with Crippen LogP contribution < -0.4 is 10.1 Å². The number of amidine groups is 1. The number of benzene rings is 1. The van der Waals surface area contributed by atoms with Gasteiger partial charge in [0.1, 0.15) is 10.7 Å². The second kappa shape index (κ2) is 6.82. The summed E-state index contributed by atoms with van der Waals surface area (Å²) in [6, 6.07) is 2.50. The van der Waals surface area contributed by atoms with Gasteiger partial charge in [-0.05, 0) is 12.3 Å². The second-order valence-corrected chi connectivity index (χ2v) is 4.29. The van der Waals surface area contributed by atoms with Crippen LogP contribution in [0.2, 0.25) is 5.02 Å². The van der Waals surface area contributed by atoms with E-state index >= 15 is 0 Å². The monoisotopic (exact) mass is 300 g/mol. The Morgan fingerprint density at radius 2 is 2.37 bits per heavy atom. The SMILES string of the molecule is COc1cc([N+](=O)[O-])c(Cl)cc1N=C(NC#N)SC. The van der Waals surface area contributed by atoms with Crippen LogP contribution in [0.3, 0.4) is 0 Å². The lowest BCUT2D eigenvalue weighted by Gasteiger charge is -2.07. The average Bonchev–Trinajstić information content (AvgIpc) is 2.38. The van der Waals surface area contributed by atoms with Crippen LogP contribution in [0.4, 0.5) is 11.4 Å². The molecule has 0 aliphatic carbocycles. The number of nitrogens with one attached hydrogen (secondary N) is 1. The molecule has 0 unspecified atom stereocenters. The van der Waals surface area contributed by atoms with Crippen molar-refractivity contribution < 1.29 is 9.66 Å². The predicted molar refractivity (Wildman–Crippen MR) is 74.0 cm³/mol. The number of hydrogen-bond donors (Lipinski definition) is 1. The summed E-state index contributed by atoms with van der Waals surface area (Å²) in [6.45, 7) is 0. The molecule has 0 fully saturated rings. The third-order valence-corrected chi connectivity index (χ3v) is 2.91. The molecular weight excluding hydrogens is 292 g/mol. The molecule has 1 aromatic rings. The van der Waals surface area contributed by atoms with Crippen molar-refractivity contribution in [2.24, 2.45) is 4.99 Å². The molecule has 0 saturated heterocycles. The largest absolute Gasteiger partial charge is 0.494 e. The highest BCUT2D eigenvalue weighted by Gasteiger charge is 2.17. The molecule has 0 aliphatic rings. The molecule has 0 aliphatic heterocycles. The van der Waals surface area contributed by atoms with Gasteiger partial charge in [0.2, 0.25) is 0 Å². The maximum Gasteiger partial charge on any atom is 0.291 e. The van der Waals surface area contributed by atoms with Crippen LogP contribution >= 0.6 is 23.4 Å². The number of nitriles is 1. The number of methoxy groups -OCH3 is 1. The molecule has 1 rings (SSSR count). The molecule has 7 nitrogen and oxygen atoms in total. The van der Waals surface area contributed by atoms with Crippen LogP contribution in [0.15, 0.2) is 17.1 Å². The summed E-state index contributed by atoms with van der Waals surface area (Å²) in [7, 11) is 1.36. The van der Waals surface area contributed by atoms with Gasteiger partial charge in [-0.1, -0.05) is 23.4 Å². The lowest BCUT2D eigenvalue weighted by atomic mass is 10.2. The highest BCUT2D eigenvalue weighted by Crippen LogP contribution is 2.37. The van der Waals surface area contributed by atoms with Gasteiger partial charge in [-0.15, -0.1) is 0 Å². The topological polar surface area (TPSA) is 101 Å². The van der Waals surface area contributed by atoms with Crippen LogP contribution in [0.25, 0.3) is 0 Å². The number of rotatable bonds is 3. The number of nitro benzene ring substituents is 1. The number of aliphatic imine (C=N–C) groups is 1. The van der Waals surface area contributed by atoms with Crippen molar-refractivity contribution >= 4 is 39.9 Å². The Balaban J connectivity index is 3.32. The molecule has 0 heterocycles. The van der Waals surface area contributed by atoms with Gasteiger partial charge < -0.3 is 4.74 Å². The predicted octanol–water partition coefficient (Wildman–Crippen LogP) is 2.68. The summed E-state index contributed by atoms with van der Waals surface area (Å²) in [5.41, 5.74) is 0.0293. The molecule has 0 aromatic heterocycles. The number of thioether (sulfide) groups is 1. The number of ether oxygens (including phenoxy) is 1. The van der Waals surface area contributed by atoms with Gasteiger partial charge in [-0.2, -0.15) is 5.26 Å². The third kappa shape index (κ3) is 3.74. The lowest BCUT2D eigenvalue weighted by Crippen LogP contribution is -2.12. The van der Waals surface area contributed by atoms with Crippen LogP contribution in [-0.2, 0) is 0 Å². The third-order valence-electron chi connectivity index (χ3n) is 2.02. The van der Waals surface area contributed by atoms with Crippen molar-refractivity contribution in [3.63, 3.8) is 0 Å². The van der Waals surface area contributed by atoms with Gasteiger partial charge in [0.25, 0.3) is 5.69 Å². The van der Waals surface area contributed by atoms with Gasteiger partial charge in [0.05, 0.1) is 18.1 Å². The quantitative estimate of drug-likeness (QED) is 0.230. The fourth-order valence-corrected chi connectivity index (χ4v) is 1.77. The van der Waals surface area contributed by atoms with Crippen molar-refractivity contribution in [1.29, 1.82) is 5.26 Å². The Kier molecular flexibility index (Phi) is 5.41. The van der Waals surface area contributed by atoms with Gasteiger partial charge in [0, 0.05) is 0 Å². The minimum Gasteiger partial charge on any atom is -0.494 e. The minimum absolute atomic E-state index is 0.0537. The Bertz CT molecular complexity index is 571. The molecule has 0 spiro atoms. The number of nitrogens with zero attached hydrogens (tertiary/aromatic N) is 3. The summed E-state index contributed by atoms with van der Waals surface area (Å²) in [6.07, 6.45) is 3.46. The smallest absolute Gasteiger partial charge is 0.291 e. The van der Waals surface area contributed by atoms with E-state index < -0.39 is 4.92 Å². The second-order valence-electron chi connectivity index (χ2n) is 3.09.